The van der Waals surface area contributed by atoms with Crippen LogP contribution in [0, 0.1) is 0 Å². The molecule has 0 unspecified atom stereocenters. The van der Waals surface area contributed by atoms with Gasteiger partial charge in [0.25, 0.3) is 5.91 Å². The quantitative estimate of drug-likeness (QED) is 0.646. The number of methoxy groups -OCH3 is 1. The van der Waals surface area contributed by atoms with E-state index in [1.807, 2.05) is 24.3 Å². The summed E-state index contributed by atoms with van der Waals surface area (Å²) in [5.41, 5.74) is 0.651. The number of hydrogen-bond donors (Lipinski definition) is 1. The van der Waals surface area contributed by atoms with Crippen molar-refractivity contribution in [3.8, 4) is 17.5 Å². The normalized spacial score (nSPS) is 18.7. The highest BCUT2D eigenvalue weighted by Crippen LogP contribution is 2.24. The second-order valence-electron chi connectivity index (χ2n) is 7.19. The molecule has 0 saturated heterocycles. The van der Waals surface area contributed by atoms with Crippen LogP contribution in [0.1, 0.15) is 55.8 Å². The maximum atomic E-state index is 12.5. The lowest BCUT2D eigenvalue weighted by Gasteiger charge is -2.29. The van der Waals surface area contributed by atoms with Crippen LogP contribution in [0.2, 0.25) is 0 Å². The fourth-order valence-corrected chi connectivity index (χ4v) is 3.29. The van der Waals surface area contributed by atoms with Crippen LogP contribution >= 0.6 is 0 Å². The molecule has 1 aromatic heterocycles. The summed E-state index contributed by atoms with van der Waals surface area (Å²) >= 11 is 0. The summed E-state index contributed by atoms with van der Waals surface area (Å²) in [5, 5.41) is 3.13. The van der Waals surface area contributed by atoms with Gasteiger partial charge in [0.05, 0.1) is 26.1 Å². The molecule has 7 heteroatoms. The van der Waals surface area contributed by atoms with E-state index in [1.54, 1.807) is 19.5 Å². The lowest BCUT2D eigenvalue weighted by molar-refractivity contribution is 0.0889. The predicted molar refractivity (Wildman–Crippen MR) is 110 cm³/mol. The molecule has 156 valence electrons. The minimum Gasteiger partial charge on any atom is -0.494 e. The molecule has 1 saturated carbocycles. The fraction of sp³-hybridized carbons (Fsp3) is 0.500. The van der Waals surface area contributed by atoms with Gasteiger partial charge in [-0.05, 0) is 56.4 Å². The van der Waals surface area contributed by atoms with E-state index in [1.165, 1.54) is 0 Å². The van der Waals surface area contributed by atoms with Gasteiger partial charge in [-0.1, -0.05) is 13.3 Å². The number of nitrogens with one attached hydrogen (secondary N) is 1. The summed E-state index contributed by atoms with van der Waals surface area (Å²) in [7, 11) is 1.55. The second-order valence-corrected chi connectivity index (χ2v) is 7.19. The summed E-state index contributed by atoms with van der Waals surface area (Å²) in [4.78, 5) is 20.8. The Kier molecular flexibility index (Phi) is 7.67. The van der Waals surface area contributed by atoms with Gasteiger partial charge in [0, 0.05) is 11.6 Å². The molecule has 29 heavy (non-hydrogen) atoms. The molecular weight excluding hydrogens is 370 g/mol. The monoisotopic (exact) mass is 399 g/mol. The molecule has 1 fully saturated rings. The number of hydrogen-bond acceptors (Lipinski definition) is 6. The van der Waals surface area contributed by atoms with E-state index < -0.39 is 0 Å². The Hall–Kier alpha value is -2.83. The van der Waals surface area contributed by atoms with Crippen molar-refractivity contribution < 1.29 is 19.0 Å². The first-order chi connectivity index (χ1) is 14.2. The number of carbonyl (C=O) groups excluding carboxylic acids is 1. The van der Waals surface area contributed by atoms with E-state index in [9.17, 15) is 4.79 Å². The molecular formula is C22H29N3O4. The third-order valence-corrected chi connectivity index (χ3v) is 4.98. The van der Waals surface area contributed by atoms with Gasteiger partial charge in [0.2, 0.25) is 11.8 Å². The molecule has 1 amide bonds. The van der Waals surface area contributed by atoms with Crippen molar-refractivity contribution in [1.29, 1.82) is 0 Å². The lowest BCUT2D eigenvalue weighted by Crippen LogP contribution is -2.39. The van der Waals surface area contributed by atoms with Gasteiger partial charge in [-0.2, -0.15) is 4.98 Å². The van der Waals surface area contributed by atoms with Gasteiger partial charge < -0.3 is 19.5 Å². The van der Waals surface area contributed by atoms with E-state index in [4.69, 9.17) is 14.2 Å². The van der Waals surface area contributed by atoms with E-state index >= 15 is 0 Å². The van der Waals surface area contributed by atoms with Crippen LogP contribution in [0.15, 0.2) is 36.7 Å². The molecule has 1 heterocycles. The van der Waals surface area contributed by atoms with Crippen LogP contribution in [-0.2, 0) is 0 Å². The van der Waals surface area contributed by atoms with E-state index in [-0.39, 0.29) is 18.1 Å². The van der Waals surface area contributed by atoms with Crippen LogP contribution in [0.25, 0.3) is 0 Å². The maximum absolute atomic E-state index is 12.5. The van der Waals surface area contributed by atoms with Crippen LogP contribution in [0.3, 0.4) is 0 Å². The molecule has 1 aliphatic carbocycles. The molecule has 0 atom stereocenters. The zero-order valence-corrected chi connectivity index (χ0v) is 17.1. The van der Waals surface area contributed by atoms with Crippen molar-refractivity contribution in [3.63, 3.8) is 0 Å². The van der Waals surface area contributed by atoms with Crippen LogP contribution in [-0.4, -0.2) is 41.7 Å². The summed E-state index contributed by atoms with van der Waals surface area (Å²) in [6.07, 6.45) is 8.78. The molecule has 7 nitrogen and oxygen atoms in total. The fourth-order valence-electron chi connectivity index (χ4n) is 3.29. The predicted octanol–water partition coefficient (Wildman–Crippen LogP) is 3.78. The molecule has 3 rings (SSSR count). The molecule has 0 spiro atoms. The number of carbonyl (C=O) groups is 1. The van der Waals surface area contributed by atoms with Crippen LogP contribution in [0.4, 0.5) is 0 Å². The average molecular weight is 399 g/mol. The molecule has 0 bridgehead atoms. The maximum Gasteiger partial charge on any atom is 0.251 e. The molecule has 1 aromatic carbocycles. The topological polar surface area (TPSA) is 82.6 Å². The minimum absolute atomic E-state index is 0.0480. The van der Waals surface area contributed by atoms with Crippen molar-refractivity contribution in [2.75, 3.05) is 13.7 Å². The van der Waals surface area contributed by atoms with Gasteiger partial charge in [0.1, 0.15) is 11.9 Å². The summed E-state index contributed by atoms with van der Waals surface area (Å²) in [5.74, 6) is 1.66. The third-order valence-electron chi connectivity index (χ3n) is 4.98. The first-order valence-electron chi connectivity index (χ1n) is 10.2. The minimum atomic E-state index is -0.0480. The number of ether oxygens (including phenoxy) is 3. The smallest absolute Gasteiger partial charge is 0.251 e. The van der Waals surface area contributed by atoms with Gasteiger partial charge in [-0.15, -0.1) is 0 Å². The molecule has 0 aliphatic heterocycles. The second kappa shape index (κ2) is 10.6. The zero-order chi connectivity index (χ0) is 20.5. The number of amides is 1. The Morgan fingerprint density at radius 2 is 1.83 bits per heavy atom. The summed E-state index contributed by atoms with van der Waals surface area (Å²) < 4.78 is 16.6. The third kappa shape index (κ3) is 6.34. The molecule has 0 radical (unpaired) electrons. The highest BCUT2D eigenvalue weighted by molar-refractivity contribution is 5.94. The first kappa shape index (κ1) is 20.9. The van der Waals surface area contributed by atoms with E-state index in [0.29, 0.717) is 23.9 Å². The van der Waals surface area contributed by atoms with Crippen molar-refractivity contribution in [1.82, 2.24) is 15.3 Å². The number of unbranched alkanes of at least 4 members (excludes halogenated alkanes) is 1. The van der Waals surface area contributed by atoms with Crippen LogP contribution in [0.5, 0.6) is 17.5 Å². The van der Waals surface area contributed by atoms with Gasteiger partial charge in [-0.25, -0.2) is 0 Å². The Balaban J connectivity index is 1.43. The Bertz CT molecular complexity index is 774. The first-order valence-corrected chi connectivity index (χ1v) is 10.2. The van der Waals surface area contributed by atoms with Crippen molar-refractivity contribution in [2.45, 2.75) is 57.6 Å². The highest BCUT2D eigenvalue weighted by atomic mass is 16.5. The van der Waals surface area contributed by atoms with Crippen molar-refractivity contribution >= 4 is 5.91 Å². The summed E-state index contributed by atoms with van der Waals surface area (Å²) in [6.45, 7) is 2.83. The highest BCUT2D eigenvalue weighted by Gasteiger charge is 2.24. The Morgan fingerprint density at radius 3 is 2.52 bits per heavy atom. The Morgan fingerprint density at radius 1 is 1.10 bits per heavy atom. The van der Waals surface area contributed by atoms with Gasteiger partial charge >= 0.3 is 0 Å². The van der Waals surface area contributed by atoms with Gasteiger partial charge in [-0.3, -0.25) is 9.78 Å². The summed E-state index contributed by atoms with van der Waals surface area (Å²) in [6, 6.07) is 7.48. The van der Waals surface area contributed by atoms with E-state index in [0.717, 1.165) is 44.3 Å². The number of aromatic nitrogens is 2. The SMILES string of the molecule is CCCCOc1ccc(C(=O)NC2CCC(Oc3cncc(OC)n3)CC2)cc1. The number of nitrogens with zero attached hydrogens (tertiary/aromatic N) is 2. The van der Waals surface area contributed by atoms with E-state index in [2.05, 4.69) is 22.2 Å². The zero-order valence-electron chi connectivity index (χ0n) is 17.1. The molecule has 2 aromatic rings. The van der Waals surface area contributed by atoms with Crippen LogP contribution < -0.4 is 19.5 Å². The molecule has 1 aliphatic rings. The number of benzene rings is 1. The van der Waals surface area contributed by atoms with Crippen molar-refractivity contribution in [2.24, 2.45) is 0 Å². The van der Waals surface area contributed by atoms with Gasteiger partial charge in [0.15, 0.2) is 0 Å². The number of rotatable bonds is 9. The average Bonchev–Trinajstić information content (AvgIpc) is 2.76. The lowest BCUT2D eigenvalue weighted by atomic mass is 9.92. The van der Waals surface area contributed by atoms with Crippen molar-refractivity contribution in [3.05, 3.63) is 42.2 Å². The largest absolute Gasteiger partial charge is 0.494 e. The standard InChI is InChI=1S/C22H29N3O4/c1-3-4-13-28-18-9-5-16(6-10-18)22(26)24-17-7-11-19(12-8-17)29-21-15-23-14-20(25-21)27-2/h5-6,9-10,14-15,17,19H,3-4,7-8,11-13H2,1-2H3,(H,24,26). The molecule has 1 N–H and O–H groups in total. The Labute approximate surface area is 171 Å².